The van der Waals surface area contributed by atoms with Crippen molar-refractivity contribution in [2.45, 2.75) is 98.1 Å². The SMILES string of the molecule is CCCCOC(=O)CCC(C)(OOOC(C)(C)C)OOOC(C)(C)C. The molecule has 0 aliphatic rings. The van der Waals surface area contributed by atoms with Gasteiger partial charge < -0.3 is 4.74 Å². The quantitative estimate of drug-likeness (QED) is 0.167. The monoisotopic (exact) mass is 366 g/mol. The van der Waals surface area contributed by atoms with E-state index in [-0.39, 0.29) is 18.8 Å². The molecule has 0 saturated heterocycles. The normalized spacial score (nSPS) is 13.1. The second kappa shape index (κ2) is 11.1. The van der Waals surface area contributed by atoms with Crippen LogP contribution in [-0.2, 0) is 39.2 Å². The molecule has 0 aliphatic carbocycles. The summed E-state index contributed by atoms with van der Waals surface area (Å²) in [5, 5.41) is 9.53. The Morgan fingerprint density at radius 3 is 1.68 bits per heavy atom. The van der Waals surface area contributed by atoms with Gasteiger partial charge in [-0.1, -0.05) is 23.4 Å². The van der Waals surface area contributed by atoms with E-state index in [1.165, 1.54) is 6.92 Å². The molecule has 0 unspecified atom stereocenters. The molecule has 8 nitrogen and oxygen atoms in total. The van der Waals surface area contributed by atoms with E-state index in [0.717, 1.165) is 12.8 Å². The van der Waals surface area contributed by atoms with Gasteiger partial charge in [0.2, 0.25) is 5.79 Å². The summed E-state index contributed by atoms with van der Waals surface area (Å²) in [5.74, 6) is -1.79. The third-order valence-corrected chi connectivity index (χ3v) is 2.53. The number of esters is 1. The van der Waals surface area contributed by atoms with Gasteiger partial charge in [-0.15, -0.1) is 0 Å². The number of rotatable bonds is 12. The Morgan fingerprint density at radius 1 is 0.800 bits per heavy atom. The standard InChI is InChI=1S/C17H34O8/c1-9-10-13-19-14(18)11-12-17(8,22-24-20-15(2,3)4)23-25-21-16(5,6)7/h9-13H2,1-8H3. The molecule has 0 amide bonds. The molecule has 0 spiro atoms. The molecule has 0 radical (unpaired) electrons. The van der Waals surface area contributed by atoms with Crippen LogP contribution in [0.25, 0.3) is 0 Å². The molecule has 0 fully saturated rings. The molecular weight excluding hydrogens is 332 g/mol. The van der Waals surface area contributed by atoms with Crippen LogP contribution in [-0.4, -0.2) is 29.6 Å². The van der Waals surface area contributed by atoms with Gasteiger partial charge in [0.25, 0.3) is 0 Å². The van der Waals surface area contributed by atoms with E-state index in [9.17, 15) is 4.79 Å². The van der Waals surface area contributed by atoms with Crippen LogP contribution in [0.4, 0.5) is 0 Å². The Labute approximate surface area is 150 Å². The van der Waals surface area contributed by atoms with Crippen molar-refractivity contribution in [3.05, 3.63) is 0 Å². The van der Waals surface area contributed by atoms with Gasteiger partial charge in [0.05, 0.1) is 24.2 Å². The van der Waals surface area contributed by atoms with E-state index in [0.29, 0.717) is 6.61 Å². The van der Waals surface area contributed by atoms with Crippen LogP contribution in [0.2, 0.25) is 0 Å². The highest BCUT2D eigenvalue weighted by Crippen LogP contribution is 2.23. The van der Waals surface area contributed by atoms with Gasteiger partial charge in [-0.25, -0.2) is 9.78 Å². The summed E-state index contributed by atoms with van der Waals surface area (Å²) in [4.78, 5) is 32.1. The minimum atomic E-state index is -1.43. The van der Waals surface area contributed by atoms with Gasteiger partial charge in [-0.2, -0.15) is 9.78 Å². The first-order valence-corrected chi connectivity index (χ1v) is 8.59. The molecule has 0 aromatic carbocycles. The molecule has 0 aromatic heterocycles. The number of hydrogen-bond donors (Lipinski definition) is 0. The van der Waals surface area contributed by atoms with Crippen molar-refractivity contribution in [2.24, 2.45) is 0 Å². The molecule has 0 N–H and O–H groups in total. The summed E-state index contributed by atoms with van der Waals surface area (Å²) in [7, 11) is 0. The number of hydrogen-bond acceptors (Lipinski definition) is 8. The fraction of sp³-hybridized carbons (Fsp3) is 0.941. The molecule has 0 rings (SSSR count). The summed E-state index contributed by atoms with van der Waals surface area (Å²) < 4.78 is 5.10. The smallest absolute Gasteiger partial charge is 0.305 e. The van der Waals surface area contributed by atoms with E-state index in [1.54, 1.807) is 41.5 Å². The molecule has 0 aliphatic heterocycles. The minimum absolute atomic E-state index is 0.0535. The van der Waals surface area contributed by atoms with E-state index < -0.39 is 17.0 Å². The lowest BCUT2D eigenvalue weighted by molar-refractivity contribution is -0.657. The van der Waals surface area contributed by atoms with Crippen molar-refractivity contribution < 1.29 is 39.2 Å². The van der Waals surface area contributed by atoms with Crippen molar-refractivity contribution in [2.75, 3.05) is 6.61 Å². The zero-order valence-electron chi connectivity index (χ0n) is 16.8. The van der Waals surface area contributed by atoms with Crippen LogP contribution < -0.4 is 0 Å². The zero-order valence-corrected chi connectivity index (χ0v) is 16.8. The van der Waals surface area contributed by atoms with Crippen molar-refractivity contribution in [3.8, 4) is 0 Å². The molecule has 150 valence electrons. The molecule has 0 bridgehead atoms. The van der Waals surface area contributed by atoms with Crippen molar-refractivity contribution in [1.82, 2.24) is 0 Å². The van der Waals surface area contributed by atoms with Gasteiger partial charge in [-0.3, -0.25) is 4.79 Å². The number of ether oxygens (including phenoxy) is 1. The largest absolute Gasteiger partial charge is 0.466 e. The Hall–Kier alpha value is -0.770. The lowest BCUT2D eigenvalue weighted by Gasteiger charge is -2.27. The maximum atomic E-state index is 11.8. The zero-order chi connectivity index (χ0) is 19.6. The minimum Gasteiger partial charge on any atom is -0.466 e. The Balaban J connectivity index is 4.51. The van der Waals surface area contributed by atoms with Gasteiger partial charge in [0, 0.05) is 6.42 Å². The van der Waals surface area contributed by atoms with Crippen molar-refractivity contribution in [1.29, 1.82) is 0 Å². The molecule has 0 heterocycles. The molecule has 0 saturated carbocycles. The van der Waals surface area contributed by atoms with Crippen LogP contribution in [0.1, 0.15) is 81.1 Å². The van der Waals surface area contributed by atoms with E-state index in [4.69, 9.17) is 34.4 Å². The average molecular weight is 366 g/mol. The topological polar surface area (TPSA) is 81.7 Å². The van der Waals surface area contributed by atoms with Gasteiger partial charge in [-0.05, 0) is 54.9 Å². The van der Waals surface area contributed by atoms with Gasteiger partial charge >= 0.3 is 5.97 Å². The number of carbonyl (C=O) groups is 1. The second-order valence-electron chi connectivity index (χ2n) is 7.90. The fourth-order valence-electron chi connectivity index (χ4n) is 1.21. The third kappa shape index (κ3) is 15.2. The van der Waals surface area contributed by atoms with E-state index in [1.807, 2.05) is 6.92 Å². The first-order valence-electron chi connectivity index (χ1n) is 8.59. The van der Waals surface area contributed by atoms with E-state index in [2.05, 4.69) is 0 Å². The molecule has 0 aromatic rings. The van der Waals surface area contributed by atoms with E-state index >= 15 is 0 Å². The highest BCUT2D eigenvalue weighted by Gasteiger charge is 2.33. The van der Waals surface area contributed by atoms with Crippen LogP contribution in [0.15, 0.2) is 0 Å². The Morgan fingerprint density at radius 2 is 1.28 bits per heavy atom. The lowest BCUT2D eigenvalue weighted by Crippen LogP contribution is -2.36. The van der Waals surface area contributed by atoms with Crippen molar-refractivity contribution >= 4 is 5.97 Å². The summed E-state index contributed by atoms with van der Waals surface area (Å²) in [6.45, 7) is 14.7. The van der Waals surface area contributed by atoms with Crippen LogP contribution >= 0.6 is 0 Å². The predicted molar refractivity (Wildman–Crippen MR) is 89.5 cm³/mol. The molecular formula is C17H34O8. The first-order chi connectivity index (χ1) is 11.4. The maximum absolute atomic E-state index is 11.8. The number of carbonyl (C=O) groups excluding carboxylic acids is 1. The lowest BCUT2D eigenvalue weighted by atomic mass is 10.2. The highest BCUT2D eigenvalue weighted by molar-refractivity contribution is 5.69. The molecule has 8 heteroatoms. The van der Waals surface area contributed by atoms with Crippen LogP contribution in [0.5, 0.6) is 0 Å². The van der Waals surface area contributed by atoms with Gasteiger partial charge in [0.1, 0.15) is 0 Å². The summed E-state index contributed by atoms with van der Waals surface area (Å²) in [6.07, 6.45) is 1.94. The van der Waals surface area contributed by atoms with Crippen LogP contribution in [0.3, 0.4) is 0 Å². The van der Waals surface area contributed by atoms with Crippen LogP contribution in [0, 0.1) is 0 Å². The summed E-state index contributed by atoms with van der Waals surface area (Å²) in [6, 6.07) is 0. The van der Waals surface area contributed by atoms with Gasteiger partial charge in [0.15, 0.2) is 0 Å². The predicted octanol–water partition coefficient (Wildman–Crippen LogP) is 4.18. The van der Waals surface area contributed by atoms with Crippen molar-refractivity contribution in [3.63, 3.8) is 0 Å². The second-order valence-corrected chi connectivity index (χ2v) is 7.90. The maximum Gasteiger partial charge on any atom is 0.305 e. The highest BCUT2D eigenvalue weighted by atomic mass is 17.6. The Kier molecular flexibility index (Phi) is 10.7. The molecule has 0 atom stereocenters. The fourth-order valence-corrected chi connectivity index (χ4v) is 1.21. The summed E-state index contributed by atoms with van der Waals surface area (Å²) in [5.41, 5.74) is -1.16. The first kappa shape index (κ1) is 24.2. The average Bonchev–Trinajstić information content (AvgIpc) is 2.43. The molecule has 25 heavy (non-hydrogen) atoms. The third-order valence-electron chi connectivity index (χ3n) is 2.53. The Bertz CT molecular complexity index is 350. The summed E-state index contributed by atoms with van der Waals surface area (Å²) >= 11 is 0. The number of unbranched alkanes of at least 4 members (excludes halogenated alkanes) is 1.